The third-order valence-corrected chi connectivity index (χ3v) is 3.23. The highest BCUT2D eigenvalue weighted by atomic mass is 16.7. The minimum Gasteiger partial charge on any atom is -0.508 e. The van der Waals surface area contributed by atoms with E-state index >= 15 is 0 Å². The SMILES string of the molecule is O=C(CNc1ccc2c(c1)OCO2)N/N=C/c1ccc(O)cc1O. The molecule has 0 unspecified atom stereocenters. The molecule has 2 aromatic rings. The monoisotopic (exact) mass is 329 g/mol. The number of aromatic hydroxyl groups is 2. The van der Waals surface area contributed by atoms with E-state index in [4.69, 9.17) is 9.47 Å². The van der Waals surface area contributed by atoms with Crippen molar-refractivity contribution >= 4 is 17.8 Å². The molecule has 2 aromatic carbocycles. The van der Waals surface area contributed by atoms with Gasteiger partial charge in [0.2, 0.25) is 6.79 Å². The second-order valence-corrected chi connectivity index (χ2v) is 4.96. The van der Waals surface area contributed by atoms with Gasteiger partial charge in [0.25, 0.3) is 5.91 Å². The zero-order valence-electron chi connectivity index (χ0n) is 12.5. The van der Waals surface area contributed by atoms with Crippen LogP contribution >= 0.6 is 0 Å². The van der Waals surface area contributed by atoms with E-state index < -0.39 is 0 Å². The number of carbonyl (C=O) groups is 1. The van der Waals surface area contributed by atoms with Crippen LogP contribution in [0.3, 0.4) is 0 Å². The zero-order chi connectivity index (χ0) is 16.9. The van der Waals surface area contributed by atoms with E-state index in [1.807, 2.05) is 0 Å². The van der Waals surface area contributed by atoms with Crippen LogP contribution in [-0.4, -0.2) is 35.7 Å². The molecule has 124 valence electrons. The first-order chi connectivity index (χ1) is 11.6. The number of benzene rings is 2. The van der Waals surface area contributed by atoms with Crippen molar-refractivity contribution in [2.24, 2.45) is 5.10 Å². The Hall–Kier alpha value is -3.42. The summed E-state index contributed by atoms with van der Waals surface area (Å²) in [6.07, 6.45) is 1.28. The number of hydrazone groups is 1. The maximum Gasteiger partial charge on any atom is 0.259 e. The van der Waals surface area contributed by atoms with Crippen LogP contribution in [0.25, 0.3) is 0 Å². The molecule has 0 radical (unpaired) electrons. The summed E-state index contributed by atoms with van der Waals surface area (Å²) in [5.74, 6) is 0.750. The Morgan fingerprint density at radius 2 is 2.00 bits per heavy atom. The molecule has 0 fully saturated rings. The molecule has 1 amide bonds. The highest BCUT2D eigenvalue weighted by Gasteiger charge is 2.13. The largest absolute Gasteiger partial charge is 0.508 e. The number of phenolic OH excluding ortho intramolecular Hbond substituents is 2. The molecule has 8 heteroatoms. The van der Waals surface area contributed by atoms with Crippen molar-refractivity contribution in [1.82, 2.24) is 5.43 Å². The molecule has 1 heterocycles. The Labute approximate surface area is 137 Å². The summed E-state index contributed by atoms with van der Waals surface area (Å²) in [6.45, 7) is 0.205. The molecule has 3 rings (SSSR count). The van der Waals surface area contributed by atoms with E-state index in [9.17, 15) is 15.0 Å². The molecule has 0 saturated carbocycles. The standard InChI is InChI=1S/C16H15N3O5/c20-12-3-1-10(13(21)6-12)7-18-19-16(22)8-17-11-2-4-14-15(5-11)24-9-23-14/h1-7,17,20-21H,8-9H2,(H,19,22)/b18-7+. The second-order valence-electron chi connectivity index (χ2n) is 4.96. The molecule has 1 aliphatic rings. The third-order valence-electron chi connectivity index (χ3n) is 3.23. The first-order valence-electron chi connectivity index (χ1n) is 7.09. The molecule has 0 spiro atoms. The van der Waals surface area contributed by atoms with E-state index in [-0.39, 0.29) is 30.7 Å². The van der Waals surface area contributed by atoms with Crippen molar-refractivity contribution in [3.8, 4) is 23.0 Å². The maximum atomic E-state index is 11.7. The molecule has 0 aliphatic carbocycles. The van der Waals surface area contributed by atoms with Gasteiger partial charge in [0.15, 0.2) is 11.5 Å². The van der Waals surface area contributed by atoms with E-state index in [0.717, 1.165) is 5.69 Å². The number of rotatable bonds is 5. The highest BCUT2D eigenvalue weighted by molar-refractivity contribution is 5.86. The molecule has 8 nitrogen and oxygen atoms in total. The molecule has 0 saturated heterocycles. The first kappa shape index (κ1) is 15.5. The zero-order valence-corrected chi connectivity index (χ0v) is 12.5. The summed E-state index contributed by atoms with van der Waals surface area (Å²) in [5.41, 5.74) is 3.42. The fourth-order valence-electron chi connectivity index (χ4n) is 2.04. The quantitative estimate of drug-likeness (QED) is 0.487. The van der Waals surface area contributed by atoms with Crippen LogP contribution < -0.4 is 20.2 Å². The van der Waals surface area contributed by atoms with Gasteiger partial charge in [0.1, 0.15) is 11.5 Å². The average Bonchev–Trinajstić information content (AvgIpc) is 3.02. The lowest BCUT2D eigenvalue weighted by Crippen LogP contribution is -2.25. The Morgan fingerprint density at radius 3 is 2.83 bits per heavy atom. The topological polar surface area (TPSA) is 112 Å². The Balaban J connectivity index is 1.50. The number of amides is 1. The predicted octanol–water partition coefficient (Wildman–Crippen LogP) is 1.39. The van der Waals surface area contributed by atoms with Gasteiger partial charge in [-0.2, -0.15) is 5.10 Å². The summed E-state index contributed by atoms with van der Waals surface area (Å²) in [5, 5.41) is 25.5. The Morgan fingerprint density at radius 1 is 1.17 bits per heavy atom. The van der Waals surface area contributed by atoms with Crippen molar-refractivity contribution in [3.05, 3.63) is 42.0 Å². The maximum absolute atomic E-state index is 11.7. The molecule has 0 aromatic heterocycles. The third kappa shape index (κ3) is 3.67. The van der Waals surface area contributed by atoms with Crippen molar-refractivity contribution in [3.63, 3.8) is 0 Å². The fraction of sp³-hybridized carbons (Fsp3) is 0.125. The predicted molar refractivity (Wildman–Crippen MR) is 86.6 cm³/mol. The summed E-state index contributed by atoms with van der Waals surface area (Å²) >= 11 is 0. The number of phenols is 2. The van der Waals surface area contributed by atoms with E-state index in [1.54, 1.807) is 18.2 Å². The van der Waals surface area contributed by atoms with E-state index in [0.29, 0.717) is 17.1 Å². The summed E-state index contributed by atoms with van der Waals surface area (Å²) in [6, 6.07) is 9.35. The van der Waals surface area contributed by atoms with Crippen LogP contribution in [0, 0.1) is 0 Å². The fourth-order valence-corrected chi connectivity index (χ4v) is 2.04. The van der Waals surface area contributed by atoms with E-state index in [2.05, 4.69) is 15.8 Å². The normalized spacial score (nSPS) is 12.3. The molecule has 1 aliphatic heterocycles. The van der Waals surface area contributed by atoms with Crippen LogP contribution in [0.4, 0.5) is 5.69 Å². The number of fused-ring (bicyclic) bond motifs is 1. The number of hydrogen-bond acceptors (Lipinski definition) is 7. The van der Waals surface area contributed by atoms with Crippen LogP contribution in [0.1, 0.15) is 5.56 Å². The number of nitrogens with one attached hydrogen (secondary N) is 2. The number of anilines is 1. The number of carbonyl (C=O) groups excluding carboxylic acids is 1. The van der Waals surface area contributed by atoms with Gasteiger partial charge in [-0.15, -0.1) is 0 Å². The van der Waals surface area contributed by atoms with Gasteiger partial charge in [-0.05, 0) is 24.3 Å². The highest BCUT2D eigenvalue weighted by Crippen LogP contribution is 2.34. The summed E-state index contributed by atoms with van der Waals surface area (Å²) in [7, 11) is 0. The van der Waals surface area contributed by atoms with Gasteiger partial charge in [0, 0.05) is 23.4 Å². The summed E-state index contributed by atoms with van der Waals surface area (Å²) < 4.78 is 10.5. The first-order valence-corrected chi connectivity index (χ1v) is 7.09. The minimum absolute atomic E-state index is 0.0124. The second kappa shape index (κ2) is 6.78. The molecule has 0 atom stereocenters. The van der Waals surface area contributed by atoms with Crippen LogP contribution in [-0.2, 0) is 4.79 Å². The number of ether oxygens (including phenoxy) is 2. The Bertz CT molecular complexity index is 791. The summed E-state index contributed by atoms with van der Waals surface area (Å²) in [4.78, 5) is 11.7. The molecular weight excluding hydrogens is 314 g/mol. The average molecular weight is 329 g/mol. The van der Waals surface area contributed by atoms with E-state index in [1.165, 1.54) is 24.4 Å². The molecule has 4 N–H and O–H groups in total. The number of nitrogens with zero attached hydrogens (tertiary/aromatic N) is 1. The van der Waals surface area contributed by atoms with Crippen molar-refractivity contribution in [1.29, 1.82) is 0 Å². The lowest BCUT2D eigenvalue weighted by Gasteiger charge is -2.06. The minimum atomic E-state index is -0.359. The van der Waals surface area contributed by atoms with Gasteiger partial charge >= 0.3 is 0 Å². The van der Waals surface area contributed by atoms with Gasteiger partial charge in [-0.25, -0.2) is 5.43 Å². The molecular formula is C16H15N3O5. The lowest BCUT2D eigenvalue weighted by atomic mass is 10.2. The van der Waals surface area contributed by atoms with Crippen molar-refractivity contribution in [2.45, 2.75) is 0 Å². The van der Waals surface area contributed by atoms with Gasteiger partial charge in [0.05, 0.1) is 12.8 Å². The van der Waals surface area contributed by atoms with Crippen LogP contribution in [0.15, 0.2) is 41.5 Å². The van der Waals surface area contributed by atoms with Crippen LogP contribution in [0.5, 0.6) is 23.0 Å². The Kier molecular flexibility index (Phi) is 4.37. The molecule has 0 bridgehead atoms. The lowest BCUT2D eigenvalue weighted by molar-refractivity contribution is -0.119. The van der Waals surface area contributed by atoms with Gasteiger partial charge in [-0.3, -0.25) is 4.79 Å². The van der Waals surface area contributed by atoms with Crippen molar-refractivity contribution < 1.29 is 24.5 Å². The molecule has 24 heavy (non-hydrogen) atoms. The van der Waals surface area contributed by atoms with Crippen molar-refractivity contribution in [2.75, 3.05) is 18.7 Å². The van der Waals surface area contributed by atoms with Gasteiger partial charge < -0.3 is 25.0 Å². The van der Waals surface area contributed by atoms with Crippen LogP contribution in [0.2, 0.25) is 0 Å². The van der Waals surface area contributed by atoms with Gasteiger partial charge in [-0.1, -0.05) is 0 Å². The number of hydrogen-bond donors (Lipinski definition) is 4. The smallest absolute Gasteiger partial charge is 0.259 e.